The number of amides is 1. The highest BCUT2D eigenvalue weighted by molar-refractivity contribution is 6.03. The summed E-state index contributed by atoms with van der Waals surface area (Å²) in [5.41, 5.74) is 0.351. The number of hydrogen-bond acceptors (Lipinski definition) is 5. The van der Waals surface area contributed by atoms with Crippen molar-refractivity contribution in [1.29, 1.82) is 0 Å². The maximum atomic E-state index is 13.7. The van der Waals surface area contributed by atoms with Crippen molar-refractivity contribution >= 4 is 17.4 Å². The van der Waals surface area contributed by atoms with Crippen LogP contribution in [0.5, 0.6) is 5.75 Å². The van der Waals surface area contributed by atoms with Gasteiger partial charge < -0.3 is 19.8 Å². The summed E-state index contributed by atoms with van der Waals surface area (Å²) in [6.07, 6.45) is -3.43. The molecular weight excluding hydrogens is 401 g/mol. The van der Waals surface area contributed by atoms with Gasteiger partial charge in [-0.2, -0.15) is 18.3 Å². The monoisotopic (exact) mass is 420 g/mol. The Bertz CT molecular complexity index is 1010. The third-order valence-corrected chi connectivity index (χ3v) is 4.73. The molecule has 7 nitrogen and oxygen atoms in total. The smallest absolute Gasteiger partial charge is 0.410 e. The highest BCUT2D eigenvalue weighted by Gasteiger charge is 2.47. The summed E-state index contributed by atoms with van der Waals surface area (Å²) < 4.78 is 52.4. The molecule has 10 heteroatoms. The zero-order valence-corrected chi connectivity index (χ0v) is 15.9. The standard InChI is InChI=1S/C20H19F3N4O3/c1-2-29-13-7-5-12(6-8-13)24-19(28)15-11-18-25-14(16-4-3-9-30-16)10-17(20(21,22)23)27(18)26-15/h3-9,11,14,17,25H,2,10H2,1H3,(H,24,28)/t14-,17+/m0/s1. The van der Waals surface area contributed by atoms with Crippen molar-refractivity contribution in [2.45, 2.75) is 31.6 Å². The Morgan fingerprint density at radius 1 is 1.33 bits per heavy atom. The molecule has 0 saturated carbocycles. The maximum Gasteiger partial charge on any atom is 0.410 e. The van der Waals surface area contributed by atoms with E-state index in [1.165, 1.54) is 12.3 Å². The minimum Gasteiger partial charge on any atom is -0.494 e. The van der Waals surface area contributed by atoms with Crippen LogP contribution in [0.3, 0.4) is 0 Å². The summed E-state index contributed by atoms with van der Waals surface area (Å²) in [5.74, 6) is 0.520. The van der Waals surface area contributed by atoms with Gasteiger partial charge in [0.05, 0.1) is 18.9 Å². The first-order valence-corrected chi connectivity index (χ1v) is 9.35. The van der Waals surface area contributed by atoms with Crippen LogP contribution in [0.2, 0.25) is 0 Å². The van der Waals surface area contributed by atoms with Crippen molar-refractivity contribution < 1.29 is 27.1 Å². The lowest BCUT2D eigenvalue weighted by Crippen LogP contribution is -2.35. The molecule has 1 amide bonds. The second kappa shape index (κ2) is 7.77. The van der Waals surface area contributed by atoms with Gasteiger partial charge >= 0.3 is 6.18 Å². The molecule has 0 radical (unpaired) electrons. The zero-order chi connectivity index (χ0) is 21.3. The van der Waals surface area contributed by atoms with Gasteiger partial charge in [-0.3, -0.25) is 4.79 Å². The van der Waals surface area contributed by atoms with Crippen molar-refractivity contribution in [3.8, 4) is 5.75 Å². The molecule has 1 aromatic carbocycles. The molecule has 2 aromatic heterocycles. The minimum absolute atomic E-state index is 0.0989. The van der Waals surface area contributed by atoms with E-state index >= 15 is 0 Å². The molecule has 0 fully saturated rings. The molecule has 1 aliphatic heterocycles. The van der Waals surface area contributed by atoms with Crippen molar-refractivity contribution in [1.82, 2.24) is 9.78 Å². The molecule has 30 heavy (non-hydrogen) atoms. The number of benzene rings is 1. The summed E-state index contributed by atoms with van der Waals surface area (Å²) >= 11 is 0. The lowest BCUT2D eigenvalue weighted by atomic mass is 10.0. The summed E-state index contributed by atoms with van der Waals surface area (Å²) in [6.45, 7) is 2.37. The Balaban J connectivity index is 1.57. The molecule has 3 heterocycles. The van der Waals surface area contributed by atoms with Gasteiger partial charge in [-0.25, -0.2) is 4.68 Å². The maximum absolute atomic E-state index is 13.7. The molecule has 0 saturated heterocycles. The quantitative estimate of drug-likeness (QED) is 0.621. The molecule has 0 unspecified atom stereocenters. The van der Waals surface area contributed by atoms with Gasteiger partial charge in [0, 0.05) is 18.2 Å². The molecule has 2 atom stereocenters. The fourth-order valence-electron chi connectivity index (χ4n) is 3.36. The normalized spacial score (nSPS) is 18.4. The predicted molar refractivity (Wildman–Crippen MR) is 103 cm³/mol. The predicted octanol–water partition coefficient (Wildman–Crippen LogP) is 4.79. The first-order chi connectivity index (χ1) is 14.3. The number of ether oxygens (including phenoxy) is 1. The topological polar surface area (TPSA) is 81.3 Å². The van der Waals surface area contributed by atoms with Gasteiger partial charge in [-0.15, -0.1) is 0 Å². The molecule has 3 aromatic rings. The van der Waals surface area contributed by atoms with E-state index in [-0.39, 0.29) is 17.9 Å². The minimum atomic E-state index is -4.53. The summed E-state index contributed by atoms with van der Waals surface area (Å²) in [7, 11) is 0. The largest absolute Gasteiger partial charge is 0.494 e. The molecule has 2 N–H and O–H groups in total. The van der Waals surface area contributed by atoms with Gasteiger partial charge in [0.2, 0.25) is 0 Å². The Labute approximate surface area is 169 Å². The second-order valence-corrected chi connectivity index (χ2v) is 6.78. The number of carbonyl (C=O) groups is 1. The number of nitrogens with one attached hydrogen (secondary N) is 2. The van der Waals surface area contributed by atoms with E-state index in [1.807, 2.05) is 6.92 Å². The Morgan fingerprint density at radius 3 is 2.73 bits per heavy atom. The van der Waals surface area contributed by atoms with E-state index in [0.717, 1.165) is 4.68 Å². The van der Waals surface area contributed by atoms with E-state index < -0.39 is 24.2 Å². The van der Waals surface area contributed by atoms with Gasteiger partial charge in [-0.1, -0.05) is 0 Å². The fourth-order valence-corrected chi connectivity index (χ4v) is 3.36. The highest BCUT2D eigenvalue weighted by Crippen LogP contribution is 2.43. The SMILES string of the molecule is CCOc1ccc(NC(=O)c2cc3n(n2)[C@@H](C(F)(F)F)C[C@@H](c2ccco2)N3)cc1. The number of furan rings is 1. The number of anilines is 2. The number of alkyl halides is 3. The van der Waals surface area contributed by atoms with Crippen LogP contribution in [-0.4, -0.2) is 28.5 Å². The summed E-state index contributed by atoms with van der Waals surface area (Å²) in [4.78, 5) is 12.6. The highest BCUT2D eigenvalue weighted by atomic mass is 19.4. The number of halogens is 3. The Kier molecular flexibility index (Phi) is 5.15. The van der Waals surface area contributed by atoms with Crippen LogP contribution < -0.4 is 15.4 Å². The lowest BCUT2D eigenvalue weighted by Gasteiger charge is -2.32. The van der Waals surface area contributed by atoms with Gasteiger partial charge in [-0.05, 0) is 43.3 Å². The Morgan fingerprint density at radius 2 is 2.10 bits per heavy atom. The zero-order valence-electron chi connectivity index (χ0n) is 15.9. The molecule has 4 rings (SSSR count). The van der Waals surface area contributed by atoms with Gasteiger partial charge in [0.15, 0.2) is 11.7 Å². The van der Waals surface area contributed by atoms with Gasteiger partial charge in [0.25, 0.3) is 5.91 Å². The average molecular weight is 420 g/mol. The van der Waals surface area contributed by atoms with Crippen molar-refractivity contribution in [2.24, 2.45) is 0 Å². The number of hydrogen-bond donors (Lipinski definition) is 2. The number of carbonyl (C=O) groups excluding carboxylic acids is 1. The van der Waals surface area contributed by atoms with E-state index in [2.05, 4.69) is 15.7 Å². The third kappa shape index (κ3) is 3.98. The molecule has 1 aliphatic rings. The van der Waals surface area contributed by atoms with E-state index in [9.17, 15) is 18.0 Å². The van der Waals surface area contributed by atoms with Crippen LogP contribution in [-0.2, 0) is 0 Å². The van der Waals surface area contributed by atoms with Gasteiger partial charge in [0.1, 0.15) is 17.3 Å². The van der Waals surface area contributed by atoms with E-state index in [4.69, 9.17) is 9.15 Å². The molecule has 0 bridgehead atoms. The number of aromatic nitrogens is 2. The second-order valence-electron chi connectivity index (χ2n) is 6.78. The lowest BCUT2D eigenvalue weighted by molar-refractivity contribution is -0.174. The molecule has 0 spiro atoms. The van der Waals surface area contributed by atoms with Crippen molar-refractivity contribution in [3.05, 3.63) is 60.2 Å². The number of fused-ring (bicyclic) bond motifs is 1. The van der Waals surface area contributed by atoms with Crippen LogP contribution in [0.25, 0.3) is 0 Å². The summed E-state index contributed by atoms with van der Waals surface area (Å²) in [5, 5.41) is 9.53. The summed E-state index contributed by atoms with van der Waals surface area (Å²) in [6, 6.07) is 8.62. The van der Waals surface area contributed by atoms with Crippen LogP contribution in [0.4, 0.5) is 24.7 Å². The van der Waals surface area contributed by atoms with E-state index in [0.29, 0.717) is 23.8 Å². The van der Waals surface area contributed by atoms with E-state index in [1.54, 1.807) is 36.4 Å². The molecule has 0 aliphatic carbocycles. The van der Waals surface area contributed by atoms with Crippen LogP contribution in [0, 0.1) is 0 Å². The number of rotatable bonds is 5. The van der Waals surface area contributed by atoms with Crippen LogP contribution >= 0.6 is 0 Å². The fraction of sp³-hybridized carbons (Fsp3) is 0.300. The Hall–Kier alpha value is -3.43. The molecule has 158 valence electrons. The molecular formula is C20H19F3N4O3. The average Bonchev–Trinajstić information content (AvgIpc) is 3.38. The van der Waals surface area contributed by atoms with Crippen LogP contribution in [0.1, 0.15) is 41.7 Å². The van der Waals surface area contributed by atoms with Crippen molar-refractivity contribution in [2.75, 3.05) is 17.2 Å². The van der Waals surface area contributed by atoms with Crippen molar-refractivity contribution in [3.63, 3.8) is 0 Å². The first kappa shape index (κ1) is 19.9. The number of nitrogens with zero attached hydrogens (tertiary/aromatic N) is 2. The third-order valence-electron chi connectivity index (χ3n) is 4.73. The van der Waals surface area contributed by atoms with Crippen LogP contribution in [0.15, 0.2) is 53.1 Å². The first-order valence-electron chi connectivity index (χ1n) is 9.35.